The van der Waals surface area contributed by atoms with E-state index in [0.29, 0.717) is 12.3 Å². The van der Waals surface area contributed by atoms with Crippen molar-refractivity contribution in [1.29, 1.82) is 0 Å². The molecule has 0 heterocycles. The molecule has 0 unspecified atom stereocenters. The van der Waals surface area contributed by atoms with Gasteiger partial charge in [-0.3, -0.25) is 4.79 Å². The third kappa shape index (κ3) is 2.17. The molecule has 1 rings (SSSR count). The molecule has 0 aromatic heterocycles. The van der Waals surface area contributed by atoms with Gasteiger partial charge in [0.15, 0.2) is 6.29 Å². The average Bonchev–Trinajstić information content (AvgIpc) is 2.41. The van der Waals surface area contributed by atoms with Gasteiger partial charge in [-0.05, 0) is 12.8 Å². The van der Waals surface area contributed by atoms with Crippen LogP contribution in [0, 0.1) is 0 Å². The molecule has 10 heavy (non-hydrogen) atoms. The Morgan fingerprint density at radius 1 is 1.40 bits per heavy atom. The number of carbonyl (C=O) groups is 1. The maximum absolute atomic E-state index is 9.79. The number of rotatable bonds is 3. The van der Waals surface area contributed by atoms with Crippen LogP contribution in [0.25, 0.3) is 0 Å². The first-order valence-electron chi connectivity index (χ1n) is 3.66. The van der Waals surface area contributed by atoms with Crippen LogP contribution < -0.4 is 5.43 Å². The Bertz CT molecular complexity index is 128. The Morgan fingerprint density at radius 3 is 2.70 bits per heavy atom. The third-order valence-electron chi connectivity index (χ3n) is 1.75. The van der Waals surface area contributed by atoms with Crippen LogP contribution in [0.15, 0.2) is 5.10 Å². The van der Waals surface area contributed by atoms with E-state index in [9.17, 15) is 4.79 Å². The minimum absolute atomic E-state index is 0.510. The first-order chi connectivity index (χ1) is 4.93. The summed E-state index contributed by atoms with van der Waals surface area (Å²) in [5.41, 5.74) is 2.92. The largest absolute Gasteiger partial charge is 0.307 e. The SMILES string of the molecule is O=CC=NNC1CCCC1. The summed E-state index contributed by atoms with van der Waals surface area (Å²) in [6, 6.07) is 0.510. The summed E-state index contributed by atoms with van der Waals surface area (Å²) in [5.74, 6) is 0. The molecule has 0 amide bonds. The Hall–Kier alpha value is -0.860. The highest BCUT2D eigenvalue weighted by Gasteiger charge is 2.12. The molecular formula is C7H12N2O. The number of hydrazone groups is 1. The topological polar surface area (TPSA) is 41.5 Å². The summed E-state index contributed by atoms with van der Waals surface area (Å²) < 4.78 is 0. The van der Waals surface area contributed by atoms with Gasteiger partial charge in [0.2, 0.25) is 0 Å². The molecule has 1 saturated carbocycles. The predicted octanol–water partition coefficient (Wildman–Crippen LogP) is 0.703. The molecule has 1 fully saturated rings. The Morgan fingerprint density at radius 2 is 2.10 bits per heavy atom. The summed E-state index contributed by atoms with van der Waals surface area (Å²) in [6.07, 6.45) is 6.88. The normalized spacial score (nSPS) is 20.0. The van der Waals surface area contributed by atoms with Crippen LogP contribution in [-0.4, -0.2) is 18.5 Å². The van der Waals surface area contributed by atoms with E-state index >= 15 is 0 Å². The fraction of sp³-hybridized carbons (Fsp3) is 0.714. The molecule has 0 aliphatic heterocycles. The summed E-state index contributed by atoms with van der Waals surface area (Å²) in [6.45, 7) is 0. The van der Waals surface area contributed by atoms with Crippen molar-refractivity contribution in [3.63, 3.8) is 0 Å². The molecule has 0 aromatic carbocycles. The van der Waals surface area contributed by atoms with Crippen molar-refractivity contribution in [3.05, 3.63) is 0 Å². The second kappa shape index (κ2) is 4.04. The van der Waals surface area contributed by atoms with Gasteiger partial charge in [0.1, 0.15) is 0 Å². The van der Waals surface area contributed by atoms with E-state index in [-0.39, 0.29) is 0 Å². The van der Waals surface area contributed by atoms with Gasteiger partial charge >= 0.3 is 0 Å². The van der Waals surface area contributed by atoms with Crippen molar-refractivity contribution in [2.24, 2.45) is 5.10 Å². The van der Waals surface area contributed by atoms with Crippen molar-refractivity contribution in [3.8, 4) is 0 Å². The van der Waals surface area contributed by atoms with E-state index in [4.69, 9.17) is 0 Å². The number of hydrogen-bond donors (Lipinski definition) is 1. The lowest BCUT2D eigenvalue weighted by molar-refractivity contribution is -0.102. The summed E-state index contributed by atoms with van der Waals surface area (Å²) >= 11 is 0. The molecule has 0 atom stereocenters. The molecule has 3 nitrogen and oxygen atoms in total. The van der Waals surface area contributed by atoms with Gasteiger partial charge in [-0.25, -0.2) is 0 Å². The molecule has 0 bridgehead atoms. The van der Waals surface area contributed by atoms with Crippen molar-refractivity contribution >= 4 is 12.5 Å². The zero-order valence-electron chi connectivity index (χ0n) is 5.92. The first kappa shape index (κ1) is 7.25. The van der Waals surface area contributed by atoms with E-state index in [1.807, 2.05) is 0 Å². The highest BCUT2D eigenvalue weighted by Crippen LogP contribution is 2.17. The summed E-state index contributed by atoms with van der Waals surface area (Å²) in [7, 11) is 0. The van der Waals surface area contributed by atoms with Crippen LogP contribution in [0.1, 0.15) is 25.7 Å². The highest BCUT2D eigenvalue weighted by molar-refractivity contribution is 6.12. The van der Waals surface area contributed by atoms with Crippen molar-refractivity contribution < 1.29 is 4.79 Å². The molecule has 1 aliphatic carbocycles. The number of nitrogens with zero attached hydrogens (tertiary/aromatic N) is 1. The molecular weight excluding hydrogens is 128 g/mol. The molecule has 0 radical (unpaired) electrons. The van der Waals surface area contributed by atoms with Crippen LogP contribution in [0.4, 0.5) is 0 Å². The van der Waals surface area contributed by atoms with Crippen molar-refractivity contribution in [2.45, 2.75) is 31.7 Å². The maximum Gasteiger partial charge on any atom is 0.162 e. The van der Waals surface area contributed by atoms with E-state index in [0.717, 1.165) is 0 Å². The fourth-order valence-corrected chi connectivity index (χ4v) is 1.23. The molecule has 0 spiro atoms. The van der Waals surface area contributed by atoms with Gasteiger partial charge in [-0.1, -0.05) is 12.8 Å². The van der Waals surface area contributed by atoms with E-state index in [1.54, 1.807) is 0 Å². The Labute approximate surface area is 60.5 Å². The number of hydrogen-bond acceptors (Lipinski definition) is 3. The first-order valence-corrected chi connectivity index (χ1v) is 3.66. The quantitative estimate of drug-likeness (QED) is 0.356. The van der Waals surface area contributed by atoms with E-state index in [1.165, 1.54) is 31.9 Å². The minimum atomic E-state index is 0.510. The average molecular weight is 140 g/mol. The lowest BCUT2D eigenvalue weighted by Crippen LogP contribution is -2.20. The summed E-state index contributed by atoms with van der Waals surface area (Å²) in [5, 5.41) is 3.73. The van der Waals surface area contributed by atoms with Crippen molar-refractivity contribution in [1.82, 2.24) is 5.43 Å². The molecule has 3 heteroatoms. The zero-order chi connectivity index (χ0) is 7.23. The molecule has 0 saturated heterocycles. The molecule has 56 valence electrons. The van der Waals surface area contributed by atoms with Crippen LogP contribution in [0.3, 0.4) is 0 Å². The monoisotopic (exact) mass is 140 g/mol. The Kier molecular flexibility index (Phi) is 2.93. The van der Waals surface area contributed by atoms with Gasteiger partial charge < -0.3 is 5.43 Å². The van der Waals surface area contributed by atoms with Gasteiger partial charge in [0, 0.05) is 6.04 Å². The lowest BCUT2D eigenvalue weighted by Gasteiger charge is -2.05. The van der Waals surface area contributed by atoms with E-state index < -0.39 is 0 Å². The molecule has 1 aliphatic rings. The smallest absolute Gasteiger partial charge is 0.162 e. The lowest BCUT2D eigenvalue weighted by atomic mass is 10.3. The maximum atomic E-state index is 9.79. The number of aldehydes is 1. The van der Waals surface area contributed by atoms with Crippen LogP contribution in [0.2, 0.25) is 0 Å². The molecule has 0 aromatic rings. The van der Waals surface area contributed by atoms with Gasteiger partial charge in [-0.15, -0.1) is 0 Å². The summed E-state index contributed by atoms with van der Waals surface area (Å²) in [4.78, 5) is 9.79. The van der Waals surface area contributed by atoms with Gasteiger partial charge in [-0.2, -0.15) is 5.10 Å². The standard InChI is InChI=1S/C7H12N2O/c10-6-5-8-9-7-3-1-2-4-7/h5-7,9H,1-4H2. The fourth-order valence-electron chi connectivity index (χ4n) is 1.23. The number of carbonyl (C=O) groups excluding carboxylic acids is 1. The second-order valence-electron chi connectivity index (χ2n) is 2.52. The van der Waals surface area contributed by atoms with Crippen LogP contribution in [-0.2, 0) is 4.79 Å². The third-order valence-corrected chi connectivity index (χ3v) is 1.75. The number of nitrogens with one attached hydrogen (secondary N) is 1. The highest BCUT2D eigenvalue weighted by atomic mass is 16.1. The molecule has 1 N–H and O–H groups in total. The van der Waals surface area contributed by atoms with E-state index in [2.05, 4.69) is 10.5 Å². The van der Waals surface area contributed by atoms with Crippen LogP contribution in [0.5, 0.6) is 0 Å². The minimum Gasteiger partial charge on any atom is -0.307 e. The van der Waals surface area contributed by atoms with Gasteiger partial charge in [0.05, 0.1) is 6.21 Å². The van der Waals surface area contributed by atoms with Gasteiger partial charge in [0.25, 0.3) is 0 Å². The van der Waals surface area contributed by atoms with Crippen LogP contribution >= 0.6 is 0 Å². The zero-order valence-corrected chi connectivity index (χ0v) is 5.92. The second-order valence-corrected chi connectivity index (χ2v) is 2.52. The predicted molar refractivity (Wildman–Crippen MR) is 39.9 cm³/mol. The Balaban J connectivity index is 2.12. The van der Waals surface area contributed by atoms with Crippen molar-refractivity contribution in [2.75, 3.05) is 0 Å².